The van der Waals surface area contributed by atoms with Gasteiger partial charge in [0.05, 0.1) is 6.54 Å². The van der Waals surface area contributed by atoms with Crippen molar-refractivity contribution in [2.45, 2.75) is 56.4 Å². The minimum Gasteiger partial charge on any atom is -0.355 e. The maximum absolute atomic E-state index is 12.1. The van der Waals surface area contributed by atoms with Gasteiger partial charge in [0.15, 0.2) is 5.96 Å². The summed E-state index contributed by atoms with van der Waals surface area (Å²) in [6.45, 7) is 5.15. The van der Waals surface area contributed by atoms with E-state index >= 15 is 0 Å². The summed E-state index contributed by atoms with van der Waals surface area (Å²) in [7, 11) is 1.89. The number of guanidine groups is 1. The second-order valence-corrected chi connectivity index (χ2v) is 9.77. The summed E-state index contributed by atoms with van der Waals surface area (Å²) in [5, 5.41) is 9.01. The lowest BCUT2D eigenvalue weighted by Gasteiger charge is -2.40. The van der Waals surface area contributed by atoms with Gasteiger partial charge < -0.3 is 15.5 Å². The second kappa shape index (κ2) is 11.1. The number of carbonyl (C=O) groups excluding carboxylic acids is 1. The molecule has 2 N–H and O–H groups in total. The van der Waals surface area contributed by atoms with Gasteiger partial charge in [0, 0.05) is 56.1 Å². The van der Waals surface area contributed by atoms with Crippen LogP contribution in [0, 0.1) is 0 Å². The van der Waals surface area contributed by atoms with Gasteiger partial charge in [-0.2, -0.15) is 0 Å². The molecule has 1 aliphatic heterocycles. The maximum atomic E-state index is 12.1. The highest BCUT2D eigenvalue weighted by atomic mass is 127. The molecule has 2 saturated carbocycles. The third-order valence-corrected chi connectivity index (χ3v) is 7.75. The molecule has 1 aromatic heterocycles. The van der Waals surface area contributed by atoms with Gasteiger partial charge in [0.1, 0.15) is 0 Å². The van der Waals surface area contributed by atoms with Gasteiger partial charge in [-0.25, -0.2) is 0 Å². The van der Waals surface area contributed by atoms with Crippen molar-refractivity contribution >= 4 is 47.2 Å². The molecule has 0 radical (unpaired) electrons. The van der Waals surface area contributed by atoms with E-state index in [1.165, 1.54) is 37.0 Å². The van der Waals surface area contributed by atoms with Crippen molar-refractivity contribution in [3.63, 3.8) is 0 Å². The zero-order valence-corrected chi connectivity index (χ0v) is 21.2. The van der Waals surface area contributed by atoms with Crippen LogP contribution in [-0.4, -0.2) is 74.0 Å². The highest BCUT2D eigenvalue weighted by Gasteiger charge is 2.35. The molecule has 3 aliphatic rings. The zero-order chi connectivity index (χ0) is 20.1. The molecule has 1 aromatic rings. The Bertz CT molecular complexity index is 692. The summed E-state index contributed by atoms with van der Waals surface area (Å²) in [5.74, 6) is 1.19. The van der Waals surface area contributed by atoms with E-state index in [0.717, 1.165) is 51.5 Å². The molecule has 8 heteroatoms. The number of amides is 1. The quantitative estimate of drug-likeness (QED) is 0.328. The van der Waals surface area contributed by atoms with Crippen LogP contribution in [0.2, 0.25) is 0 Å². The molecular formula is C22H36IN5OS. The number of hydrogen-bond donors (Lipinski definition) is 2. The zero-order valence-electron chi connectivity index (χ0n) is 18.1. The minimum absolute atomic E-state index is 0. The van der Waals surface area contributed by atoms with Crippen molar-refractivity contribution in [2.75, 3.05) is 46.3 Å². The van der Waals surface area contributed by atoms with Crippen LogP contribution >= 0.6 is 35.3 Å². The Kier molecular flexibility index (Phi) is 8.82. The molecule has 0 spiro atoms. The molecule has 2 heterocycles. The number of thiophene rings is 1. The van der Waals surface area contributed by atoms with Gasteiger partial charge in [-0.3, -0.25) is 14.7 Å². The predicted molar refractivity (Wildman–Crippen MR) is 135 cm³/mol. The van der Waals surface area contributed by atoms with Crippen LogP contribution in [0.3, 0.4) is 0 Å². The molecule has 0 unspecified atom stereocenters. The summed E-state index contributed by atoms with van der Waals surface area (Å²) >= 11 is 1.90. The van der Waals surface area contributed by atoms with E-state index < -0.39 is 0 Å². The molecule has 30 heavy (non-hydrogen) atoms. The van der Waals surface area contributed by atoms with E-state index in [0.29, 0.717) is 12.6 Å². The van der Waals surface area contributed by atoms with Crippen LogP contribution in [0.5, 0.6) is 0 Å². The fraction of sp³-hybridized carbons (Fsp3) is 0.727. The maximum Gasteiger partial charge on any atom is 0.234 e. The van der Waals surface area contributed by atoms with Crippen LogP contribution < -0.4 is 10.6 Å². The van der Waals surface area contributed by atoms with Crippen molar-refractivity contribution < 1.29 is 4.79 Å². The number of aliphatic imine (C=N–C) groups is 1. The number of rotatable bonds is 6. The largest absolute Gasteiger partial charge is 0.355 e. The normalized spacial score (nSPS) is 22.3. The summed E-state index contributed by atoms with van der Waals surface area (Å²) in [6.07, 6.45) is 8.82. The van der Waals surface area contributed by atoms with Gasteiger partial charge in [0.25, 0.3) is 0 Å². The van der Waals surface area contributed by atoms with Crippen molar-refractivity contribution in [3.05, 3.63) is 22.4 Å². The first-order valence-corrected chi connectivity index (χ1v) is 12.1. The Hall–Kier alpha value is -0.870. The number of nitrogens with one attached hydrogen (secondary N) is 2. The fourth-order valence-corrected chi connectivity index (χ4v) is 5.71. The van der Waals surface area contributed by atoms with Gasteiger partial charge in [-0.1, -0.05) is 25.3 Å². The number of nitrogens with zero attached hydrogens (tertiary/aromatic N) is 3. The first kappa shape index (κ1) is 23.8. The van der Waals surface area contributed by atoms with E-state index in [-0.39, 0.29) is 35.3 Å². The highest BCUT2D eigenvalue weighted by Crippen LogP contribution is 2.41. The first-order valence-electron chi connectivity index (χ1n) is 11.2. The van der Waals surface area contributed by atoms with Gasteiger partial charge >= 0.3 is 0 Å². The summed E-state index contributed by atoms with van der Waals surface area (Å²) in [5.41, 5.74) is 0.255. The summed E-state index contributed by atoms with van der Waals surface area (Å²) in [4.78, 5) is 22.8. The Morgan fingerprint density at radius 3 is 2.53 bits per heavy atom. The van der Waals surface area contributed by atoms with E-state index in [2.05, 4.69) is 42.9 Å². The van der Waals surface area contributed by atoms with Gasteiger partial charge in [0.2, 0.25) is 5.91 Å². The second-order valence-electron chi connectivity index (χ2n) is 8.82. The number of piperazine rings is 1. The standard InChI is InChI=1S/C22H35N5OS.HI/c1-23-21(24-17-22(9-3-2-4-10-22)19-6-5-15-29-19)27-13-11-26(12-14-27)16-20(28)25-18-7-8-18;/h5-6,15,18H,2-4,7-14,16-17H2,1H3,(H,23,24)(H,25,28);1H. The molecule has 1 saturated heterocycles. The molecule has 1 amide bonds. The van der Waals surface area contributed by atoms with Crippen LogP contribution in [0.4, 0.5) is 0 Å². The van der Waals surface area contributed by atoms with Crippen LogP contribution in [0.15, 0.2) is 22.5 Å². The third kappa shape index (κ3) is 6.09. The Morgan fingerprint density at radius 2 is 1.93 bits per heavy atom. The number of hydrogen-bond acceptors (Lipinski definition) is 4. The van der Waals surface area contributed by atoms with E-state index in [9.17, 15) is 4.79 Å². The van der Waals surface area contributed by atoms with Crippen LogP contribution in [0.1, 0.15) is 49.8 Å². The molecule has 6 nitrogen and oxygen atoms in total. The SMILES string of the molecule is CN=C(NCC1(c2cccs2)CCCCC1)N1CCN(CC(=O)NC2CC2)CC1.I. The Balaban J connectivity index is 0.00000256. The fourth-order valence-electron chi connectivity index (χ4n) is 4.72. The number of halogens is 1. The highest BCUT2D eigenvalue weighted by molar-refractivity contribution is 14.0. The third-order valence-electron chi connectivity index (χ3n) is 6.63. The smallest absolute Gasteiger partial charge is 0.234 e. The monoisotopic (exact) mass is 545 g/mol. The first-order chi connectivity index (χ1) is 14.2. The van der Waals surface area contributed by atoms with Crippen LogP contribution in [0.25, 0.3) is 0 Å². The summed E-state index contributed by atoms with van der Waals surface area (Å²) in [6, 6.07) is 4.94. The lowest BCUT2D eigenvalue weighted by Crippen LogP contribution is -2.55. The lowest BCUT2D eigenvalue weighted by atomic mass is 9.73. The molecule has 0 bridgehead atoms. The minimum atomic E-state index is 0. The predicted octanol–water partition coefficient (Wildman–Crippen LogP) is 3.04. The van der Waals surface area contributed by atoms with Crippen molar-refractivity contribution in [3.8, 4) is 0 Å². The topological polar surface area (TPSA) is 60.0 Å². The van der Waals surface area contributed by atoms with E-state index in [4.69, 9.17) is 0 Å². The number of carbonyl (C=O) groups is 1. The van der Waals surface area contributed by atoms with E-state index in [1.807, 2.05) is 18.4 Å². The molecule has 0 aromatic carbocycles. The van der Waals surface area contributed by atoms with Crippen LogP contribution in [-0.2, 0) is 10.2 Å². The molecule has 2 aliphatic carbocycles. The average Bonchev–Trinajstić information content (AvgIpc) is 3.37. The summed E-state index contributed by atoms with van der Waals surface area (Å²) < 4.78 is 0. The van der Waals surface area contributed by atoms with Gasteiger partial charge in [-0.05, 0) is 37.1 Å². The van der Waals surface area contributed by atoms with Crippen molar-refractivity contribution in [1.29, 1.82) is 0 Å². The average molecular weight is 546 g/mol. The molecule has 3 fully saturated rings. The molecule has 4 rings (SSSR count). The van der Waals surface area contributed by atoms with Crippen molar-refractivity contribution in [2.24, 2.45) is 4.99 Å². The van der Waals surface area contributed by atoms with Gasteiger partial charge in [-0.15, -0.1) is 35.3 Å². The Labute approximate surface area is 201 Å². The van der Waals surface area contributed by atoms with Crippen molar-refractivity contribution in [1.82, 2.24) is 20.4 Å². The van der Waals surface area contributed by atoms with E-state index in [1.54, 1.807) is 0 Å². The molecule has 168 valence electrons. The Morgan fingerprint density at radius 1 is 1.20 bits per heavy atom. The lowest BCUT2D eigenvalue weighted by molar-refractivity contribution is -0.122. The molecule has 0 atom stereocenters. The molecular weight excluding hydrogens is 509 g/mol.